The fourth-order valence-electron chi connectivity index (χ4n) is 3.97. The SMILES string of the molecule is COc1ccc(NC(=O)COc2c(-c3ccc(C(C)(C)C)cc3)oc3cc(C)ccc3c2=O)cc1OC. The van der Waals surface area contributed by atoms with E-state index in [4.69, 9.17) is 18.6 Å². The lowest BCUT2D eigenvalue weighted by Gasteiger charge is -2.19. The normalized spacial score (nSPS) is 11.3. The van der Waals surface area contributed by atoms with Crippen molar-refractivity contribution in [3.8, 4) is 28.6 Å². The molecule has 0 spiro atoms. The third-order valence-electron chi connectivity index (χ3n) is 6.03. The van der Waals surface area contributed by atoms with Crippen molar-refractivity contribution >= 4 is 22.6 Å². The van der Waals surface area contributed by atoms with Crippen molar-refractivity contribution in [1.29, 1.82) is 0 Å². The Balaban J connectivity index is 1.66. The van der Waals surface area contributed by atoms with Crippen LogP contribution in [-0.4, -0.2) is 26.7 Å². The van der Waals surface area contributed by atoms with Crippen LogP contribution in [0.1, 0.15) is 31.9 Å². The number of hydrogen-bond donors (Lipinski definition) is 1. The third-order valence-corrected chi connectivity index (χ3v) is 6.03. The molecule has 0 radical (unpaired) electrons. The van der Waals surface area contributed by atoms with Crippen molar-refractivity contribution in [3.63, 3.8) is 0 Å². The van der Waals surface area contributed by atoms with E-state index in [0.29, 0.717) is 33.7 Å². The van der Waals surface area contributed by atoms with Gasteiger partial charge >= 0.3 is 0 Å². The highest BCUT2D eigenvalue weighted by Gasteiger charge is 2.20. The Bertz CT molecular complexity index is 1500. The molecule has 7 heteroatoms. The van der Waals surface area contributed by atoms with Crippen molar-refractivity contribution in [2.45, 2.75) is 33.1 Å². The molecule has 0 fully saturated rings. The van der Waals surface area contributed by atoms with Gasteiger partial charge in [0.1, 0.15) is 5.58 Å². The second-order valence-electron chi connectivity index (χ2n) is 9.82. The molecule has 1 N–H and O–H groups in total. The lowest BCUT2D eigenvalue weighted by molar-refractivity contribution is -0.118. The number of anilines is 1. The number of carbonyl (C=O) groups is 1. The van der Waals surface area contributed by atoms with E-state index in [1.54, 1.807) is 24.3 Å². The molecule has 0 aliphatic rings. The standard InChI is InChI=1S/C30H31NO6/c1-18-7-13-22-24(15-18)37-28(19-8-10-20(11-9-19)30(2,3)4)29(27(22)33)36-17-26(32)31-21-12-14-23(34-5)25(16-21)35-6/h7-16H,17H2,1-6H3,(H,31,32). The van der Waals surface area contributed by atoms with Gasteiger partial charge in [0.15, 0.2) is 23.9 Å². The van der Waals surface area contributed by atoms with Crippen LogP contribution in [0.25, 0.3) is 22.3 Å². The zero-order chi connectivity index (χ0) is 26.7. The number of fused-ring (bicyclic) bond motifs is 1. The Morgan fingerprint density at radius 3 is 2.27 bits per heavy atom. The lowest BCUT2D eigenvalue weighted by Crippen LogP contribution is -2.22. The molecule has 0 bridgehead atoms. The topological polar surface area (TPSA) is 87.0 Å². The van der Waals surface area contributed by atoms with Crippen molar-refractivity contribution in [2.75, 3.05) is 26.1 Å². The average Bonchev–Trinajstić information content (AvgIpc) is 2.87. The molecule has 1 aromatic heterocycles. The summed E-state index contributed by atoms with van der Waals surface area (Å²) < 4.78 is 22.5. The van der Waals surface area contributed by atoms with Gasteiger partial charge in [0, 0.05) is 17.3 Å². The maximum Gasteiger partial charge on any atom is 0.262 e. The van der Waals surface area contributed by atoms with E-state index in [0.717, 1.165) is 11.1 Å². The second-order valence-corrected chi connectivity index (χ2v) is 9.82. The van der Waals surface area contributed by atoms with Crippen LogP contribution in [0.2, 0.25) is 0 Å². The molecular weight excluding hydrogens is 470 g/mol. The lowest BCUT2D eigenvalue weighted by atomic mass is 9.86. The van der Waals surface area contributed by atoms with Gasteiger partial charge in [-0.3, -0.25) is 9.59 Å². The minimum absolute atomic E-state index is 0.0117. The maximum atomic E-state index is 13.4. The molecule has 1 amide bonds. The average molecular weight is 502 g/mol. The van der Waals surface area contributed by atoms with Crippen LogP contribution in [0, 0.1) is 6.92 Å². The molecule has 37 heavy (non-hydrogen) atoms. The Hall–Kier alpha value is -4.26. The largest absolute Gasteiger partial charge is 0.493 e. The smallest absolute Gasteiger partial charge is 0.262 e. The zero-order valence-electron chi connectivity index (χ0n) is 21.9. The molecule has 4 rings (SSSR count). The van der Waals surface area contributed by atoms with Gasteiger partial charge in [-0.1, -0.05) is 51.1 Å². The summed E-state index contributed by atoms with van der Waals surface area (Å²) in [5.74, 6) is 0.852. The number of benzene rings is 3. The summed E-state index contributed by atoms with van der Waals surface area (Å²) in [7, 11) is 3.05. The predicted octanol–water partition coefficient (Wildman–Crippen LogP) is 6.10. The first kappa shape index (κ1) is 25.8. The fraction of sp³-hybridized carbons (Fsp3) is 0.267. The van der Waals surface area contributed by atoms with Gasteiger partial charge in [-0.15, -0.1) is 0 Å². The van der Waals surface area contributed by atoms with Crippen molar-refractivity contribution in [2.24, 2.45) is 0 Å². The van der Waals surface area contributed by atoms with Crippen LogP contribution in [0.15, 0.2) is 69.9 Å². The van der Waals surface area contributed by atoms with Gasteiger partial charge in [-0.25, -0.2) is 0 Å². The van der Waals surface area contributed by atoms with Gasteiger partial charge in [0.2, 0.25) is 11.2 Å². The molecule has 0 saturated heterocycles. The molecule has 192 valence electrons. The summed E-state index contributed by atoms with van der Waals surface area (Å²) in [5.41, 5.74) is 3.40. The molecule has 0 unspecified atom stereocenters. The van der Waals surface area contributed by atoms with Gasteiger partial charge in [0.25, 0.3) is 5.91 Å². The van der Waals surface area contributed by atoms with Crippen LogP contribution in [0.3, 0.4) is 0 Å². The monoisotopic (exact) mass is 501 g/mol. The highest BCUT2D eigenvalue weighted by molar-refractivity contribution is 5.92. The van der Waals surface area contributed by atoms with E-state index in [-0.39, 0.29) is 29.0 Å². The first-order valence-corrected chi connectivity index (χ1v) is 11.9. The molecule has 0 aliphatic carbocycles. The molecule has 3 aromatic carbocycles. The van der Waals surface area contributed by atoms with Crippen molar-refractivity contribution in [3.05, 3.63) is 82.0 Å². The summed E-state index contributed by atoms with van der Waals surface area (Å²) in [6.07, 6.45) is 0. The van der Waals surface area contributed by atoms with Crippen molar-refractivity contribution in [1.82, 2.24) is 0 Å². The minimum Gasteiger partial charge on any atom is -0.493 e. The summed E-state index contributed by atoms with van der Waals surface area (Å²) in [4.78, 5) is 26.2. The van der Waals surface area contributed by atoms with Gasteiger partial charge in [-0.05, 0) is 47.7 Å². The van der Waals surface area contributed by atoms with E-state index in [2.05, 4.69) is 26.1 Å². The maximum absolute atomic E-state index is 13.4. The first-order chi connectivity index (χ1) is 17.6. The van der Waals surface area contributed by atoms with Crippen LogP contribution in [0.4, 0.5) is 5.69 Å². The number of rotatable bonds is 7. The fourth-order valence-corrected chi connectivity index (χ4v) is 3.97. The van der Waals surface area contributed by atoms with Gasteiger partial charge in [0.05, 0.1) is 19.6 Å². The summed E-state index contributed by atoms with van der Waals surface area (Å²) in [6, 6.07) is 18.2. The van der Waals surface area contributed by atoms with E-state index >= 15 is 0 Å². The summed E-state index contributed by atoms with van der Waals surface area (Å²) >= 11 is 0. The number of nitrogens with one attached hydrogen (secondary N) is 1. The summed E-state index contributed by atoms with van der Waals surface area (Å²) in [5, 5.41) is 3.14. The van der Waals surface area contributed by atoms with E-state index in [9.17, 15) is 9.59 Å². The Labute approximate surface area is 216 Å². The third kappa shape index (κ3) is 5.61. The van der Waals surface area contributed by atoms with Crippen LogP contribution < -0.4 is 25.0 Å². The zero-order valence-corrected chi connectivity index (χ0v) is 21.9. The molecule has 4 aromatic rings. The highest BCUT2D eigenvalue weighted by Crippen LogP contribution is 2.33. The molecule has 0 saturated carbocycles. The number of aryl methyl sites for hydroxylation is 1. The number of hydrogen-bond acceptors (Lipinski definition) is 6. The molecule has 1 heterocycles. The summed E-state index contributed by atoms with van der Waals surface area (Å²) in [6.45, 7) is 7.94. The minimum atomic E-state index is -0.440. The molecule has 0 atom stereocenters. The van der Waals surface area contributed by atoms with E-state index in [1.165, 1.54) is 14.2 Å². The molecular formula is C30H31NO6. The van der Waals surface area contributed by atoms with Crippen molar-refractivity contribution < 1.29 is 23.4 Å². The number of amides is 1. The number of methoxy groups -OCH3 is 2. The Kier molecular flexibility index (Phi) is 7.25. The quantitative estimate of drug-likeness (QED) is 0.329. The number of carbonyl (C=O) groups excluding carboxylic acids is 1. The Morgan fingerprint density at radius 1 is 0.919 bits per heavy atom. The Morgan fingerprint density at radius 2 is 1.62 bits per heavy atom. The second kappa shape index (κ2) is 10.4. The molecule has 0 aliphatic heterocycles. The van der Waals surface area contributed by atoms with Crippen LogP contribution in [0.5, 0.6) is 17.2 Å². The predicted molar refractivity (Wildman–Crippen MR) is 145 cm³/mol. The van der Waals surface area contributed by atoms with E-state index < -0.39 is 5.91 Å². The molecule has 7 nitrogen and oxygen atoms in total. The highest BCUT2D eigenvalue weighted by atomic mass is 16.5. The van der Waals surface area contributed by atoms with Crippen LogP contribution in [-0.2, 0) is 10.2 Å². The van der Waals surface area contributed by atoms with Crippen LogP contribution >= 0.6 is 0 Å². The van der Waals surface area contributed by atoms with E-state index in [1.807, 2.05) is 43.3 Å². The number of ether oxygens (including phenoxy) is 3. The van der Waals surface area contributed by atoms with Gasteiger partial charge < -0.3 is 23.9 Å². The van der Waals surface area contributed by atoms with Gasteiger partial charge in [-0.2, -0.15) is 0 Å². The first-order valence-electron chi connectivity index (χ1n) is 11.9.